The van der Waals surface area contributed by atoms with Crippen LogP contribution in [0.15, 0.2) is 29.3 Å². The maximum atomic E-state index is 11.6. The Morgan fingerprint density at radius 2 is 2.07 bits per heavy atom. The van der Waals surface area contributed by atoms with Crippen LogP contribution >= 0.6 is 0 Å². The van der Waals surface area contributed by atoms with Crippen LogP contribution in [0.4, 0.5) is 0 Å². The summed E-state index contributed by atoms with van der Waals surface area (Å²) < 4.78 is 20.8. The van der Waals surface area contributed by atoms with Gasteiger partial charge in [0.2, 0.25) is 0 Å². The van der Waals surface area contributed by atoms with E-state index in [1.807, 2.05) is 24.3 Å². The Morgan fingerprint density at radius 3 is 2.71 bits per heavy atom. The molecule has 1 heterocycles. The van der Waals surface area contributed by atoms with E-state index in [4.69, 9.17) is 4.78 Å². The van der Waals surface area contributed by atoms with Crippen LogP contribution in [-0.2, 0) is 16.8 Å². The average molecular weight is 209 g/mol. The van der Waals surface area contributed by atoms with E-state index in [0.29, 0.717) is 5.03 Å². The van der Waals surface area contributed by atoms with Gasteiger partial charge in [-0.2, -0.15) is 5.10 Å². The molecule has 5 heteroatoms. The van der Waals surface area contributed by atoms with Crippen molar-refractivity contribution in [2.45, 2.75) is 5.03 Å². The van der Waals surface area contributed by atoms with Crippen LogP contribution in [0.3, 0.4) is 0 Å². The summed E-state index contributed by atoms with van der Waals surface area (Å²) in [4.78, 5) is 0. The zero-order chi connectivity index (χ0) is 10.3. The molecule has 74 valence electrons. The van der Waals surface area contributed by atoms with Crippen LogP contribution in [0, 0.1) is 4.78 Å². The number of hydrogen-bond donors (Lipinski definition) is 1. The third-order valence-corrected chi connectivity index (χ3v) is 3.13. The number of benzene rings is 1. The van der Waals surface area contributed by atoms with E-state index in [0.717, 1.165) is 10.9 Å². The van der Waals surface area contributed by atoms with E-state index in [9.17, 15) is 4.21 Å². The van der Waals surface area contributed by atoms with Gasteiger partial charge in [0, 0.05) is 18.7 Å². The van der Waals surface area contributed by atoms with E-state index in [1.165, 1.54) is 6.26 Å². The van der Waals surface area contributed by atoms with E-state index >= 15 is 0 Å². The zero-order valence-electron chi connectivity index (χ0n) is 8.02. The van der Waals surface area contributed by atoms with Gasteiger partial charge in [0.1, 0.15) is 0 Å². The predicted molar refractivity (Wildman–Crippen MR) is 55.8 cm³/mol. The van der Waals surface area contributed by atoms with Gasteiger partial charge >= 0.3 is 0 Å². The van der Waals surface area contributed by atoms with Gasteiger partial charge in [-0.25, -0.2) is 8.99 Å². The molecule has 2 rings (SSSR count). The molecule has 0 radical (unpaired) electrons. The largest absolute Gasteiger partial charge is 0.267 e. The van der Waals surface area contributed by atoms with Crippen LogP contribution in [0.1, 0.15) is 0 Å². The molecule has 14 heavy (non-hydrogen) atoms. The molecule has 0 amide bonds. The Labute approximate surface area is 82.5 Å². The quantitative estimate of drug-likeness (QED) is 0.775. The van der Waals surface area contributed by atoms with Crippen LogP contribution in [0.2, 0.25) is 0 Å². The summed E-state index contributed by atoms with van der Waals surface area (Å²) in [5, 5.41) is 5.29. The molecule has 2 aromatic rings. The minimum atomic E-state index is -2.74. The Bertz CT molecular complexity index is 583. The van der Waals surface area contributed by atoms with E-state index < -0.39 is 9.73 Å². The van der Waals surface area contributed by atoms with Crippen molar-refractivity contribution in [2.24, 2.45) is 7.05 Å². The molecular weight excluding hydrogens is 198 g/mol. The number of rotatable bonds is 1. The normalized spacial score (nSPS) is 15.6. The van der Waals surface area contributed by atoms with Crippen LogP contribution < -0.4 is 0 Å². The Hall–Kier alpha value is -1.36. The van der Waals surface area contributed by atoms with Crippen molar-refractivity contribution in [1.29, 1.82) is 4.78 Å². The number of para-hydroxylation sites is 1. The third kappa shape index (κ3) is 1.29. The summed E-state index contributed by atoms with van der Waals surface area (Å²) in [6, 6.07) is 7.50. The van der Waals surface area contributed by atoms with Gasteiger partial charge in [-0.3, -0.25) is 4.68 Å². The van der Waals surface area contributed by atoms with E-state index in [2.05, 4.69) is 5.10 Å². The highest BCUT2D eigenvalue weighted by Crippen LogP contribution is 2.21. The molecule has 0 bridgehead atoms. The number of nitrogens with zero attached hydrogens (tertiary/aromatic N) is 2. The lowest BCUT2D eigenvalue weighted by Crippen LogP contribution is -1.98. The molecule has 1 aromatic carbocycles. The molecule has 1 N–H and O–H groups in total. The fourth-order valence-electron chi connectivity index (χ4n) is 1.47. The summed E-state index contributed by atoms with van der Waals surface area (Å²) >= 11 is 0. The standard InChI is InChI=1S/C9H11N3OS/c1-12-8-6-4-3-5-7(8)9(11-12)14(2,10)13/h3-6,10H,1-2H3. The van der Waals surface area contributed by atoms with Gasteiger partial charge in [-0.05, 0) is 12.1 Å². The van der Waals surface area contributed by atoms with Crippen LogP contribution in [-0.4, -0.2) is 20.2 Å². The van der Waals surface area contributed by atoms with Crippen LogP contribution in [0.25, 0.3) is 10.9 Å². The SMILES string of the molecule is Cn1nc(S(C)(=N)=O)c2ccccc21. The fourth-order valence-corrected chi connectivity index (χ4v) is 2.34. The maximum absolute atomic E-state index is 11.6. The van der Waals surface area contributed by atoms with Gasteiger partial charge < -0.3 is 0 Å². The van der Waals surface area contributed by atoms with Crippen molar-refractivity contribution in [2.75, 3.05) is 6.26 Å². The Morgan fingerprint density at radius 1 is 1.43 bits per heavy atom. The second-order valence-electron chi connectivity index (χ2n) is 3.29. The first-order valence-electron chi connectivity index (χ1n) is 4.15. The number of hydrogen-bond acceptors (Lipinski definition) is 3. The lowest BCUT2D eigenvalue weighted by Gasteiger charge is -1.94. The van der Waals surface area contributed by atoms with Gasteiger partial charge in [0.15, 0.2) is 5.03 Å². The summed E-state index contributed by atoms with van der Waals surface area (Å²) in [5.41, 5.74) is 0.907. The van der Waals surface area contributed by atoms with Crippen molar-refractivity contribution in [3.8, 4) is 0 Å². The maximum Gasteiger partial charge on any atom is 0.165 e. The summed E-state index contributed by atoms with van der Waals surface area (Å²) in [6.07, 6.45) is 1.39. The highest BCUT2D eigenvalue weighted by atomic mass is 32.2. The molecule has 0 saturated heterocycles. The molecule has 1 atom stereocenters. The first kappa shape index (κ1) is 9.21. The summed E-state index contributed by atoms with van der Waals surface area (Å²) in [7, 11) is -0.952. The molecule has 0 saturated carbocycles. The predicted octanol–water partition coefficient (Wildman–Crippen LogP) is 1.61. The fraction of sp³-hybridized carbons (Fsp3) is 0.222. The van der Waals surface area contributed by atoms with Gasteiger partial charge in [-0.1, -0.05) is 12.1 Å². The van der Waals surface area contributed by atoms with Gasteiger partial charge in [-0.15, -0.1) is 0 Å². The number of aryl methyl sites for hydroxylation is 1. The zero-order valence-corrected chi connectivity index (χ0v) is 8.84. The highest BCUT2D eigenvalue weighted by Gasteiger charge is 2.13. The first-order valence-corrected chi connectivity index (χ1v) is 6.12. The molecular formula is C9H11N3OS. The molecule has 0 aliphatic carbocycles. The monoisotopic (exact) mass is 209 g/mol. The smallest absolute Gasteiger partial charge is 0.165 e. The average Bonchev–Trinajstić information content (AvgIpc) is 2.44. The van der Waals surface area contributed by atoms with E-state index in [-0.39, 0.29) is 0 Å². The molecule has 0 aliphatic heterocycles. The summed E-state index contributed by atoms with van der Waals surface area (Å²) in [6.45, 7) is 0. The molecule has 1 aromatic heterocycles. The second kappa shape index (κ2) is 2.81. The molecule has 1 unspecified atom stereocenters. The minimum absolute atomic E-state index is 0.371. The van der Waals surface area contributed by atoms with E-state index in [1.54, 1.807) is 11.7 Å². The van der Waals surface area contributed by atoms with Crippen molar-refractivity contribution >= 4 is 20.6 Å². The third-order valence-electron chi connectivity index (χ3n) is 2.09. The molecule has 0 spiro atoms. The highest BCUT2D eigenvalue weighted by molar-refractivity contribution is 7.91. The molecule has 0 aliphatic rings. The van der Waals surface area contributed by atoms with Crippen molar-refractivity contribution in [3.63, 3.8) is 0 Å². The first-order chi connectivity index (χ1) is 6.50. The number of nitrogens with one attached hydrogen (secondary N) is 1. The Kier molecular flexibility index (Phi) is 1.85. The van der Waals surface area contributed by atoms with Gasteiger partial charge in [0.05, 0.1) is 15.2 Å². The summed E-state index contributed by atoms with van der Waals surface area (Å²) in [5.74, 6) is 0. The van der Waals surface area contributed by atoms with Crippen LogP contribution in [0.5, 0.6) is 0 Å². The number of fused-ring (bicyclic) bond motifs is 1. The topological polar surface area (TPSA) is 58.7 Å². The van der Waals surface area contributed by atoms with Gasteiger partial charge in [0.25, 0.3) is 0 Å². The Balaban J connectivity index is 2.93. The van der Waals surface area contributed by atoms with Crippen molar-refractivity contribution < 1.29 is 4.21 Å². The minimum Gasteiger partial charge on any atom is -0.267 e. The number of aromatic nitrogens is 2. The lowest BCUT2D eigenvalue weighted by atomic mass is 10.3. The second-order valence-corrected chi connectivity index (χ2v) is 5.36. The molecule has 0 fully saturated rings. The van der Waals surface area contributed by atoms with Crippen molar-refractivity contribution in [1.82, 2.24) is 9.78 Å². The molecule has 4 nitrogen and oxygen atoms in total. The lowest BCUT2D eigenvalue weighted by molar-refractivity contribution is 0.670. The van der Waals surface area contributed by atoms with Crippen molar-refractivity contribution in [3.05, 3.63) is 24.3 Å².